The number of aryl methyl sites for hydroxylation is 2. The highest BCUT2D eigenvalue weighted by molar-refractivity contribution is 9.11. The monoisotopic (exact) mass is 301 g/mol. The van der Waals surface area contributed by atoms with Gasteiger partial charge in [-0.1, -0.05) is 22.0 Å². The third-order valence-corrected chi connectivity index (χ3v) is 4.12. The van der Waals surface area contributed by atoms with E-state index in [-0.39, 0.29) is 0 Å². The van der Waals surface area contributed by atoms with E-state index in [1.165, 1.54) is 16.5 Å². The van der Waals surface area contributed by atoms with Crippen LogP contribution >= 0.6 is 31.9 Å². The summed E-state index contributed by atoms with van der Waals surface area (Å²) in [6.07, 6.45) is 0. The summed E-state index contributed by atoms with van der Waals surface area (Å²) in [5.41, 5.74) is 2.53. The van der Waals surface area contributed by atoms with Crippen molar-refractivity contribution < 1.29 is 0 Å². The molecule has 0 aliphatic carbocycles. The summed E-state index contributed by atoms with van der Waals surface area (Å²) in [5, 5.41) is 1.29. The van der Waals surface area contributed by atoms with Gasteiger partial charge in [-0.2, -0.15) is 0 Å². The minimum Gasteiger partial charge on any atom is -0.338 e. The maximum atomic E-state index is 3.57. The normalized spacial score (nSPS) is 11.1. The van der Waals surface area contributed by atoms with Crippen molar-refractivity contribution in [2.75, 3.05) is 0 Å². The van der Waals surface area contributed by atoms with Crippen molar-refractivity contribution >= 4 is 42.8 Å². The van der Waals surface area contributed by atoms with Crippen LogP contribution in [0.5, 0.6) is 0 Å². The summed E-state index contributed by atoms with van der Waals surface area (Å²) < 4.78 is 4.45. The molecule has 0 amide bonds. The van der Waals surface area contributed by atoms with E-state index in [4.69, 9.17) is 0 Å². The first-order chi connectivity index (χ1) is 6.13. The molecule has 1 aromatic heterocycles. The molecule has 68 valence electrons. The van der Waals surface area contributed by atoms with Crippen LogP contribution in [0.1, 0.15) is 5.56 Å². The maximum Gasteiger partial charge on any atom is 0.0884 e. The minimum atomic E-state index is 1.15. The number of rotatable bonds is 0. The standard InChI is InChI=1S/C10H9Br2N/c1-6-9-7(11)4-3-5-8(9)13(2)10(6)12/h3-5H,1-2H3. The molecule has 0 saturated heterocycles. The lowest BCUT2D eigenvalue weighted by molar-refractivity contribution is 0.934. The van der Waals surface area contributed by atoms with E-state index in [1.807, 2.05) is 0 Å². The third-order valence-electron chi connectivity index (χ3n) is 2.33. The lowest BCUT2D eigenvalue weighted by Gasteiger charge is -1.97. The fourth-order valence-electron chi connectivity index (χ4n) is 1.62. The van der Waals surface area contributed by atoms with E-state index in [0.29, 0.717) is 0 Å². The minimum absolute atomic E-state index is 1.15. The van der Waals surface area contributed by atoms with Gasteiger partial charge in [-0.15, -0.1) is 0 Å². The molecule has 2 rings (SSSR count). The second-order valence-electron chi connectivity index (χ2n) is 3.11. The van der Waals surface area contributed by atoms with Crippen LogP contribution in [0.2, 0.25) is 0 Å². The van der Waals surface area contributed by atoms with Crippen LogP contribution in [0.15, 0.2) is 27.3 Å². The average molecular weight is 303 g/mol. The Balaban J connectivity index is 3.03. The van der Waals surface area contributed by atoms with Crippen molar-refractivity contribution in [3.63, 3.8) is 0 Å². The fourth-order valence-corrected chi connectivity index (χ4v) is 2.67. The summed E-state index contributed by atoms with van der Waals surface area (Å²) >= 11 is 7.13. The first-order valence-corrected chi connectivity index (χ1v) is 5.60. The lowest BCUT2D eigenvalue weighted by atomic mass is 10.2. The van der Waals surface area contributed by atoms with Crippen LogP contribution in [0.25, 0.3) is 10.9 Å². The number of nitrogens with zero attached hydrogens (tertiary/aromatic N) is 1. The van der Waals surface area contributed by atoms with Crippen molar-refractivity contribution in [2.45, 2.75) is 6.92 Å². The van der Waals surface area contributed by atoms with Gasteiger partial charge in [-0.3, -0.25) is 0 Å². The smallest absolute Gasteiger partial charge is 0.0884 e. The van der Waals surface area contributed by atoms with E-state index in [9.17, 15) is 0 Å². The van der Waals surface area contributed by atoms with Crippen LogP contribution in [0, 0.1) is 6.92 Å². The quantitative estimate of drug-likeness (QED) is 0.693. The van der Waals surface area contributed by atoms with E-state index < -0.39 is 0 Å². The number of fused-ring (bicyclic) bond motifs is 1. The molecule has 0 radical (unpaired) electrons. The second-order valence-corrected chi connectivity index (χ2v) is 4.71. The van der Waals surface area contributed by atoms with Crippen molar-refractivity contribution in [1.29, 1.82) is 0 Å². The highest BCUT2D eigenvalue weighted by atomic mass is 79.9. The first kappa shape index (κ1) is 9.28. The Morgan fingerprint density at radius 2 is 1.92 bits per heavy atom. The molecule has 2 aromatic rings. The number of hydrogen-bond acceptors (Lipinski definition) is 0. The van der Waals surface area contributed by atoms with Crippen molar-refractivity contribution in [1.82, 2.24) is 4.57 Å². The lowest BCUT2D eigenvalue weighted by Crippen LogP contribution is -1.85. The average Bonchev–Trinajstić information content (AvgIpc) is 2.33. The van der Waals surface area contributed by atoms with Crippen LogP contribution in [-0.4, -0.2) is 4.57 Å². The molecule has 0 N–H and O–H groups in total. The Hall–Kier alpha value is -0.280. The molecule has 1 heterocycles. The molecule has 0 saturated carbocycles. The van der Waals surface area contributed by atoms with Crippen molar-refractivity contribution in [3.05, 3.63) is 32.8 Å². The van der Waals surface area contributed by atoms with Gasteiger partial charge >= 0.3 is 0 Å². The number of halogens is 2. The number of hydrogen-bond donors (Lipinski definition) is 0. The molecule has 0 spiro atoms. The van der Waals surface area contributed by atoms with Crippen LogP contribution < -0.4 is 0 Å². The summed E-state index contributed by atoms with van der Waals surface area (Å²) in [5.74, 6) is 0. The Morgan fingerprint density at radius 1 is 1.23 bits per heavy atom. The third kappa shape index (κ3) is 1.25. The molecule has 0 aliphatic heterocycles. The molecular formula is C10H9Br2N. The van der Waals surface area contributed by atoms with Gasteiger partial charge in [0.1, 0.15) is 0 Å². The van der Waals surface area contributed by atoms with E-state index in [0.717, 1.165) is 9.08 Å². The van der Waals surface area contributed by atoms with Gasteiger partial charge in [0.15, 0.2) is 0 Å². The Labute approximate surface area is 94.0 Å². The number of aromatic nitrogens is 1. The molecule has 0 bridgehead atoms. The van der Waals surface area contributed by atoms with Crippen LogP contribution in [0.3, 0.4) is 0 Å². The zero-order valence-electron chi connectivity index (χ0n) is 7.44. The zero-order valence-corrected chi connectivity index (χ0v) is 10.6. The predicted molar refractivity (Wildman–Crippen MR) is 63.1 cm³/mol. The molecule has 1 aromatic carbocycles. The summed E-state index contributed by atoms with van der Waals surface area (Å²) in [4.78, 5) is 0. The first-order valence-electron chi connectivity index (χ1n) is 4.02. The Morgan fingerprint density at radius 3 is 2.54 bits per heavy atom. The van der Waals surface area contributed by atoms with Crippen molar-refractivity contribution in [3.8, 4) is 0 Å². The van der Waals surface area contributed by atoms with Gasteiger partial charge in [0.2, 0.25) is 0 Å². The Bertz CT molecular complexity index is 471. The van der Waals surface area contributed by atoms with E-state index >= 15 is 0 Å². The molecule has 0 fully saturated rings. The van der Waals surface area contributed by atoms with Gasteiger partial charge in [-0.05, 0) is 40.5 Å². The zero-order chi connectivity index (χ0) is 9.59. The van der Waals surface area contributed by atoms with Gasteiger partial charge in [0.05, 0.1) is 10.1 Å². The maximum absolute atomic E-state index is 3.57. The summed E-state index contributed by atoms with van der Waals surface area (Å²) in [6.45, 7) is 2.12. The highest BCUT2D eigenvalue weighted by Gasteiger charge is 2.10. The summed E-state index contributed by atoms with van der Waals surface area (Å²) in [6, 6.07) is 6.25. The SMILES string of the molecule is Cc1c(Br)n(C)c2cccc(Br)c12. The van der Waals surface area contributed by atoms with Gasteiger partial charge in [0, 0.05) is 16.9 Å². The second kappa shape index (κ2) is 3.14. The van der Waals surface area contributed by atoms with Crippen LogP contribution in [0.4, 0.5) is 0 Å². The fraction of sp³-hybridized carbons (Fsp3) is 0.200. The van der Waals surface area contributed by atoms with E-state index in [2.05, 4.69) is 68.6 Å². The summed E-state index contributed by atoms with van der Waals surface area (Å²) in [7, 11) is 2.06. The highest BCUT2D eigenvalue weighted by Crippen LogP contribution is 2.33. The van der Waals surface area contributed by atoms with Gasteiger partial charge in [-0.25, -0.2) is 0 Å². The molecular weight excluding hydrogens is 294 g/mol. The van der Waals surface area contributed by atoms with Gasteiger partial charge < -0.3 is 4.57 Å². The number of benzene rings is 1. The predicted octanol–water partition coefficient (Wildman–Crippen LogP) is 4.01. The van der Waals surface area contributed by atoms with E-state index in [1.54, 1.807) is 0 Å². The molecule has 0 atom stereocenters. The molecule has 1 nitrogen and oxygen atoms in total. The molecule has 0 aliphatic rings. The largest absolute Gasteiger partial charge is 0.338 e. The van der Waals surface area contributed by atoms with Gasteiger partial charge in [0.25, 0.3) is 0 Å². The molecule has 3 heteroatoms. The Kier molecular flexibility index (Phi) is 2.24. The topological polar surface area (TPSA) is 4.93 Å². The molecule has 0 unspecified atom stereocenters. The molecule has 13 heavy (non-hydrogen) atoms. The van der Waals surface area contributed by atoms with Crippen molar-refractivity contribution in [2.24, 2.45) is 7.05 Å². The van der Waals surface area contributed by atoms with Crippen LogP contribution in [-0.2, 0) is 7.05 Å².